The molecule has 1 atom stereocenters. The highest BCUT2D eigenvalue weighted by Crippen LogP contribution is 2.30. The lowest BCUT2D eigenvalue weighted by Gasteiger charge is -2.31. The van der Waals surface area contributed by atoms with Crippen LogP contribution >= 0.6 is 11.6 Å². The number of nitrogens with one attached hydrogen (secondary N) is 1. The minimum atomic E-state index is -3.68. The number of rotatable bonds is 6. The molecule has 2 aromatic rings. The average Bonchev–Trinajstić information content (AvgIpc) is 2.76. The summed E-state index contributed by atoms with van der Waals surface area (Å²) in [4.78, 5) is 13.0. The van der Waals surface area contributed by atoms with Crippen molar-refractivity contribution >= 4 is 27.5 Å². The molecule has 0 saturated carbocycles. The van der Waals surface area contributed by atoms with Gasteiger partial charge in [0.05, 0.1) is 23.1 Å². The summed E-state index contributed by atoms with van der Waals surface area (Å²) in [5, 5.41) is 3.37. The number of amides is 1. The highest BCUT2D eigenvalue weighted by atomic mass is 35.5. The Labute approximate surface area is 196 Å². The molecule has 1 amide bonds. The van der Waals surface area contributed by atoms with E-state index in [1.165, 1.54) is 34.7 Å². The highest BCUT2D eigenvalue weighted by molar-refractivity contribution is 7.89. The normalized spacial score (nSPS) is 16.6. The molecule has 1 aliphatic rings. The lowest BCUT2D eigenvalue weighted by molar-refractivity contribution is -0.126. The fourth-order valence-electron chi connectivity index (χ4n) is 4.17. The summed E-state index contributed by atoms with van der Waals surface area (Å²) in [6.07, 6.45) is 0.959. The molecule has 32 heavy (non-hydrogen) atoms. The molecule has 1 N–H and O–H groups in total. The third-order valence-electron chi connectivity index (χ3n) is 6.29. The monoisotopic (exact) mass is 478 g/mol. The minimum absolute atomic E-state index is 0.0281. The molecule has 8 heteroatoms. The van der Waals surface area contributed by atoms with Crippen LogP contribution in [0.2, 0.25) is 5.02 Å². The average molecular weight is 479 g/mol. The zero-order chi connectivity index (χ0) is 23.6. The number of hydrogen-bond donors (Lipinski definition) is 1. The van der Waals surface area contributed by atoms with Gasteiger partial charge in [0.15, 0.2) is 0 Å². The largest absolute Gasteiger partial charge is 0.495 e. The summed E-state index contributed by atoms with van der Waals surface area (Å²) in [6.45, 7) is 8.78. The topological polar surface area (TPSA) is 75.7 Å². The quantitative estimate of drug-likeness (QED) is 0.660. The molecule has 0 aromatic heterocycles. The molecule has 0 radical (unpaired) electrons. The fraction of sp³-hybridized carbons (Fsp3) is 0.458. The zero-order valence-corrected chi connectivity index (χ0v) is 20.8. The van der Waals surface area contributed by atoms with E-state index in [-0.39, 0.29) is 27.8 Å². The maximum Gasteiger partial charge on any atom is 0.243 e. The lowest BCUT2D eigenvalue weighted by atomic mass is 9.94. The lowest BCUT2D eigenvalue weighted by Crippen LogP contribution is -2.43. The number of halogens is 1. The van der Waals surface area contributed by atoms with Crippen molar-refractivity contribution in [2.45, 2.75) is 51.5 Å². The van der Waals surface area contributed by atoms with Crippen molar-refractivity contribution < 1.29 is 17.9 Å². The first kappa shape index (κ1) is 24.6. The summed E-state index contributed by atoms with van der Waals surface area (Å²) in [6, 6.07) is 8.61. The second-order valence-corrected chi connectivity index (χ2v) is 10.8. The molecule has 0 unspecified atom stereocenters. The predicted octanol–water partition coefficient (Wildman–Crippen LogP) is 4.55. The van der Waals surface area contributed by atoms with Crippen molar-refractivity contribution in [1.82, 2.24) is 9.62 Å². The number of sulfonamides is 1. The van der Waals surface area contributed by atoms with Crippen molar-refractivity contribution in [1.29, 1.82) is 0 Å². The third kappa shape index (κ3) is 5.11. The number of hydrogen-bond acceptors (Lipinski definition) is 4. The molecular formula is C24H31ClN2O4S. The number of benzene rings is 2. The zero-order valence-electron chi connectivity index (χ0n) is 19.2. The summed E-state index contributed by atoms with van der Waals surface area (Å²) in [5.41, 5.74) is 4.69. The van der Waals surface area contributed by atoms with Crippen LogP contribution in [0.25, 0.3) is 0 Å². The Morgan fingerprint density at radius 3 is 2.31 bits per heavy atom. The van der Waals surface area contributed by atoms with Gasteiger partial charge in [-0.25, -0.2) is 8.42 Å². The summed E-state index contributed by atoms with van der Waals surface area (Å²) < 4.78 is 32.5. The number of methoxy groups -OCH3 is 1. The molecule has 0 bridgehead atoms. The van der Waals surface area contributed by atoms with E-state index in [9.17, 15) is 13.2 Å². The van der Waals surface area contributed by atoms with Crippen LogP contribution in [0.15, 0.2) is 35.2 Å². The molecule has 0 spiro atoms. The van der Waals surface area contributed by atoms with Crippen LogP contribution in [-0.4, -0.2) is 38.8 Å². The molecule has 6 nitrogen and oxygen atoms in total. The van der Waals surface area contributed by atoms with Gasteiger partial charge in [0.1, 0.15) is 5.75 Å². The Balaban J connectivity index is 1.63. The highest BCUT2D eigenvalue weighted by Gasteiger charge is 2.33. The van der Waals surface area contributed by atoms with Crippen LogP contribution < -0.4 is 10.1 Å². The van der Waals surface area contributed by atoms with E-state index in [0.29, 0.717) is 31.7 Å². The molecule has 2 aromatic carbocycles. The van der Waals surface area contributed by atoms with Gasteiger partial charge < -0.3 is 10.1 Å². The van der Waals surface area contributed by atoms with Gasteiger partial charge in [-0.3, -0.25) is 4.79 Å². The first-order valence-corrected chi connectivity index (χ1v) is 12.6. The summed E-state index contributed by atoms with van der Waals surface area (Å²) in [5.74, 6) is 0.184. The van der Waals surface area contributed by atoms with E-state index in [4.69, 9.17) is 16.3 Å². The van der Waals surface area contributed by atoms with Crippen LogP contribution in [0.3, 0.4) is 0 Å². The summed E-state index contributed by atoms with van der Waals surface area (Å²) in [7, 11) is -2.20. The van der Waals surface area contributed by atoms with Gasteiger partial charge >= 0.3 is 0 Å². The summed E-state index contributed by atoms with van der Waals surface area (Å²) >= 11 is 6.11. The van der Waals surface area contributed by atoms with Crippen molar-refractivity contribution in [3.05, 3.63) is 57.6 Å². The molecule has 0 aliphatic carbocycles. The van der Waals surface area contributed by atoms with Gasteiger partial charge in [0.25, 0.3) is 0 Å². The van der Waals surface area contributed by atoms with Crippen LogP contribution in [0.1, 0.15) is 48.1 Å². The van der Waals surface area contributed by atoms with Gasteiger partial charge in [-0.1, -0.05) is 23.7 Å². The van der Waals surface area contributed by atoms with Gasteiger partial charge in [0.2, 0.25) is 15.9 Å². The van der Waals surface area contributed by atoms with Gasteiger partial charge in [-0.15, -0.1) is 0 Å². The molecule has 1 fully saturated rings. The van der Waals surface area contributed by atoms with Crippen molar-refractivity contribution in [2.24, 2.45) is 5.92 Å². The van der Waals surface area contributed by atoms with Crippen LogP contribution in [0.5, 0.6) is 5.75 Å². The molecule has 1 heterocycles. The first-order chi connectivity index (χ1) is 15.0. The van der Waals surface area contributed by atoms with Gasteiger partial charge in [-0.05, 0) is 81.0 Å². The third-order valence-corrected chi connectivity index (χ3v) is 8.48. The maximum absolute atomic E-state index is 13.0. The standard InChI is InChI=1S/C24H31ClN2O4S/c1-15-12-17(3)21(13-16(15)2)18(4)26-24(28)19-8-10-27(11-9-19)32(29,30)20-6-7-23(31-5)22(25)14-20/h6-7,12-14,18-19H,8-11H2,1-5H3,(H,26,28)/t18-/m0/s1. The van der Waals surface area contributed by atoms with Crippen molar-refractivity contribution in [3.8, 4) is 5.75 Å². The Kier molecular flexibility index (Phi) is 7.53. The number of carbonyl (C=O) groups is 1. The molecule has 1 saturated heterocycles. The Bertz CT molecular complexity index is 1110. The van der Waals surface area contributed by atoms with E-state index in [1.807, 2.05) is 6.92 Å². The number of aryl methyl sites for hydroxylation is 3. The first-order valence-electron chi connectivity index (χ1n) is 10.8. The smallest absolute Gasteiger partial charge is 0.243 e. The predicted molar refractivity (Wildman–Crippen MR) is 127 cm³/mol. The Morgan fingerprint density at radius 1 is 1.09 bits per heavy atom. The van der Waals surface area contributed by atoms with Crippen LogP contribution in [0.4, 0.5) is 0 Å². The Hall–Kier alpha value is -2.09. The fourth-order valence-corrected chi connectivity index (χ4v) is 5.99. The maximum atomic E-state index is 13.0. The second kappa shape index (κ2) is 9.81. The SMILES string of the molecule is COc1ccc(S(=O)(=O)N2CCC(C(=O)N[C@@H](C)c3cc(C)c(C)cc3C)CC2)cc1Cl. The van der Waals surface area contributed by atoms with Crippen LogP contribution in [-0.2, 0) is 14.8 Å². The Morgan fingerprint density at radius 2 is 1.72 bits per heavy atom. The van der Waals surface area contributed by atoms with E-state index < -0.39 is 10.0 Å². The number of ether oxygens (including phenoxy) is 1. The molecule has 174 valence electrons. The number of piperidine rings is 1. The van der Waals surface area contributed by atoms with Gasteiger partial charge in [0, 0.05) is 19.0 Å². The van der Waals surface area contributed by atoms with Crippen molar-refractivity contribution in [3.63, 3.8) is 0 Å². The van der Waals surface area contributed by atoms with Crippen molar-refractivity contribution in [2.75, 3.05) is 20.2 Å². The molecular weight excluding hydrogens is 448 g/mol. The molecule has 3 rings (SSSR count). The minimum Gasteiger partial charge on any atom is -0.495 e. The van der Waals surface area contributed by atoms with Crippen LogP contribution in [0, 0.1) is 26.7 Å². The second-order valence-electron chi connectivity index (χ2n) is 8.50. The molecule has 1 aliphatic heterocycles. The number of nitrogens with zero attached hydrogens (tertiary/aromatic N) is 1. The van der Waals surface area contributed by atoms with E-state index in [2.05, 4.69) is 38.2 Å². The van der Waals surface area contributed by atoms with E-state index in [0.717, 1.165) is 11.1 Å². The van der Waals surface area contributed by atoms with E-state index >= 15 is 0 Å². The number of carbonyl (C=O) groups excluding carboxylic acids is 1. The van der Waals surface area contributed by atoms with Gasteiger partial charge in [-0.2, -0.15) is 4.31 Å². The van der Waals surface area contributed by atoms with E-state index in [1.54, 1.807) is 6.07 Å².